The van der Waals surface area contributed by atoms with Crippen LogP contribution in [0.25, 0.3) is 0 Å². The molecule has 0 saturated carbocycles. The minimum absolute atomic E-state index is 0.511. The lowest BCUT2D eigenvalue weighted by Crippen LogP contribution is -1.67. The number of halogens is 1. The first kappa shape index (κ1) is 9.23. The normalized spacial score (nSPS) is 18.6. The molecule has 0 N–H and O–H groups in total. The van der Waals surface area contributed by atoms with E-state index in [0.717, 1.165) is 11.5 Å². The number of allylic oxidation sites excluding steroid dienone is 3. The van der Waals surface area contributed by atoms with Crippen molar-refractivity contribution in [1.82, 2.24) is 0 Å². The molecule has 1 fully saturated rings. The van der Waals surface area contributed by atoms with Gasteiger partial charge in [-0.05, 0) is 12.2 Å². The minimum atomic E-state index is 0.511. The average molecular weight is 207 g/mol. The zero-order valence-corrected chi connectivity index (χ0v) is 8.14. The van der Waals surface area contributed by atoms with Crippen LogP contribution in [-0.4, -0.2) is 17.8 Å². The summed E-state index contributed by atoms with van der Waals surface area (Å²) < 4.78 is 1.20. The molecule has 60 valence electrons. The molecule has 1 aliphatic rings. The summed E-state index contributed by atoms with van der Waals surface area (Å²) in [5, 5.41) is 0.511. The molecule has 0 spiro atoms. The van der Waals surface area contributed by atoms with E-state index in [1.807, 2.05) is 6.08 Å². The molecular weight excluding hydrogens is 200 g/mol. The fraction of sp³-hybridized carbons (Fsp3) is 0.286. The molecule has 0 aliphatic carbocycles. The van der Waals surface area contributed by atoms with E-state index in [1.54, 1.807) is 23.5 Å². The predicted octanol–water partition coefficient (Wildman–Crippen LogP) is 2.63. The summed E-state index contributed by atoms with van der Waals surface area (Å²) >= 11 is 9.25. The van der Waals surface area contributed by atoms with Crippen LogP contribution in [0.5, 0.6) is 0 Å². The summed E-state index contributed by atoms with van der Waals surface area (Å²) in [5.41, 5.74) is 0. The fourth-order valence-electron chi connectivity index (χ4n) is 0.635. The molecule has 0 aromatic rings. The van der Waals surface area contributed by atoms with E-state index in [4.69, 9.17) is 11.6 Å². The van der Waals surface area contributed by atoms with Gasteiger partial charge in [0.15, 0.2) is 0 Å². The molecule has 0 aromatic carbocycles. The Hall–Kier alpha value is 0.140. The van der Waals surface area contributed by atoms with Crippen molar-refractivity contribution in [3.8, 4) is 0 Å². The van der Waals surface area contributed by atoms with Crippen LogP contribution >= 0.6 is 35.1 Å². The molecule has 1 heterocycles. The highest BCUT2D eigenvalue weighted by Gasteiger charge is 2.07. The van der Waals surface area contributed by atoms with Crippen molar-refractivity contribution < 1.29 is 4.79 Å². The zero-order chi connectivity index (χ0) is 8.10. The molecule has 0 unspecified atom stereocenters. The quantitative estimate of drug-likeness (QED) is 0.511. The monoisotopic (exact) mass is 206 g/mol. The number of hydrogen-bond donors (Lipinski definition) is 0. The van der Waals surface area contributed by atoms with Crippen molar-refractivity contribution in [2.45, 2.75) is 0 Å². The Bertz CT molecular complexity index is 202. The van der Waals surface area contributed by atoms with Crippen LogP contribution in [0, 0.1) is 0 Å². The van der Waals surface area contributed by atoms with Crippen LogP contribution in [0.2, 0.25) is 0 Å². The second kappa shape index (κ2) is 4.91. The molecule has 0 amide bonds. The summed E-state index contributed by atoms with van der Waals surface area (Å²) in [6, 6.07) is 0. The Kier molecular flexibility index (Phi) is 4.12. The first-order chi connectivity index (χ1) is 5.33. The summed E-state index contributed by atoms with van der Waals surface area (Å²) in [5.74, 6) is 2.28. The molecule has 4 heteroatoms. The number of carbonyl (C=O) groups excluding carboxylic acids is 1. The summed E-state index contributed by atoms with van der Waals surface area (Å²) in [6.45, 7) is 0. The van der Waals surface area contributed by atoms with Gasteiger partial charge in [0.25, 0.3) is 0 Å². The Morgan fingerprint density at radius 1 is 1.45 bits per heavy atom. The molecule has 1 nitrogen and oxygen atoms in total. The lowest BCUT2D eigenvalue weighted by molar-refractivity contribution is -0.104. The third-order valence-corrected chi connectivity index (χ3v) is 3.88. The Morgan fingerprint density at radius 2 is 2.09 bits per heavy atom. The Balaban J connectivity index is 2.55. The third kappa shape index (κ3) is 3.36. The molecule has 1 rings (SSSR count). The average Bonchev–Trinajstić information content (AvgIpc) is 2.40. The third-order valence-electron chi connectivity index (χ3n) is 1.05. The Morgan fingerprint density at radius 3 is 2.64 bits per heavy atom. The first-order valence-corrected chi connectivity index (χ1v) is 5.46. The molecular formula is C7H7ClOS2. The van der Waals surface area contributed by atoms with E-state index in [2.05, 4.69) is 0 Å². The second-order valence-electron chi connectivity index (χ2n) is 1.85. The van der Waals surface area contributed by atoms with Crippen molar-refractivity contribution in [2.24, 2.45) is 0 Å². The van der Waals surface area contributed by atoms with Gasteiger partial charge in [-0.15, -0.1) is 23.5 Å². The predicted molar refractivity (Wildman–Crippen MR) is 53.0 cm³/mol. The number of rotatable bonds is 2. The maximum absolute atomic E-state index is 9.99. The van der Waals surface area contributed by atoms with Gasteiger partial charge < -0.3 is 0 Å². The zero-order valence-electron chi connectivity index (χ0n) is 5.75. The highest BCUT2D eigenvalue weighted by Crippen LogP contribution is 2.37. The van der Waals surface area contributed by atoms with Crippen LogP contribution in [-0.2, 0) is 4.79 Å². The largest absolute Gasteiger partial charge is 0.299 e. The van der Waals surface area contributed by atoms with E-state index in [-0.39, 0.29) is 0 Å². The van der Waals surface area contributed by atoms with Crippen molar-refractivity contribution in [3.63, 3.8) is 0 Å². The van der Waals surface area contributed by atoms with Gasteiger partial charge in [-0.3, -0.25) is 4.79 Å². The van der Waals surface area contributed by atoms with Crippen LogP contribution in [0.15, 0.2) is 21.4 Å². The molecule has 1 aliphatic heterocycles. The van der Waals surface area contributed by atoms with Gasteiger partial charge in [0.1, 0.15) is 6.29 Å². The maximum atomic E-state index is 9.99. The van der Waals surface area contributed by atoms with Gasteiger partial charge >= 0.3 is 0 Å². The lowest BCUT2D eigenvalue weighted by Gasteiger charge is -1.90. The van der Waals surface area contributed by atoms with Gasteiger partial charge in [-0.1, -0.05) is 11.6 Å². The fourth-order valence-corrected chi connectivity index (χ4v) is 3.25. The van der Waals surface area contributed by atoms with Gasteiger partial charge in [0.2, 0.25) is 0 Å². The van der Waals surface area contributed by atoms with E-state index in [1.165, 1.54) is 10.3 Å². The van der Waals surface area contributed by atoms with E-state index >= 15 is 0 Å². The molecule has 0 radical (unpaired) electrons. The first-order valence-electron chi connectivity index (χ1n) is 3.11. The number of aldehydes is 1. The number of carbonyl (C=O) groups is 1. The second-order valence-corrected chi connectivity index (χ2v) is 4.82. The van der Waals surface area contributed by atoms with Crippen molar-refractivity contribution >= 4 is 41.4 Å². The number of hydrogen-bond acceptors (Lipinski definition) is 3. The molecule has 0 atom stereocenters. The molecule has 11 heavy (non-hydrogen) atoms. The van der Waals surface area contributed by atoms with Crippen molar-refractivity contribution in [2.75, 3.05) is 11.5 Å². The highest BCUT2D eigenvalue weighted by molar-refractivity contribution is 8.25. The SMILES string of the molecule is O=C/C=C(/Cl)C=C1SCCS1. The van der Waals surface area contributed by atoms with Gasteiger partial charge in [-0.25, -0.2) is 0 Å². The van der Waals surface area contributed by atoms with Gasteiger partial charge in [0.05, 0.1) is 0 Å². The van der Waals surface area contributed by atoms with Gasteiger partial charge in [0, 0.05) is 20.8 Å². The van der Waals surface area contributed by atoms with Gasteiger partial charge in [-0.2, -0.15) is 0 Å². The molecule has 0 bridgehead atoms. The van der Waals surface area contributed by atoms with Crippen LogP contribution < -0.4 is 0 Å². The summed E-state index contributed by atoms with van der Waals surface area (Å²) in [4.78, 5) is 9.99. The summed E-state index contributed by atoms with van der Waals surface area (Å²) in [6.07, 6.45) is 3.88. The maximum Gasteiger partial charge on any atom is 0.144 e. The van der Waals surface area contributed by atoms with E-state index < -0.39 is 0 Å². The number of thioether (sulfide) groups is 2. The Labute approximate surface area is 79.3 Å². The highest BCUT2D eigenvalue weighted by atomic mass is 35.5. The smallest absolute Gasteiger partial charge is 0.144 e. The lowest BCUT2D eigenvalue weighted by atomic mass is 10.5. The van der Waals surface area contributed by atoms with Crippen LogP contribution in [0.4, 0.5) is 0 Å². The van der Waals surface area contributed by atoms with Crippen LogP contribution in [0.1, 0.15) is 0 Å². The van der Waals surface area contributed by atoms with Crippen molar-refractivity contribution in [3.05, 3.63) is 21.4 Å². The van der Waals surface area contributed by atoms with E-state index in [0.29, 0.717) is 11.3 Å². The summed E-state index contributed by atoms with van der Waals surface area (Å²) in [7, 11) is 0. The topological polar surface area (TPSA) is 17.1 Å². The minimum Gasteiger partial charge on any atom is -0.299 e. The molecule has 1 saturated heterocycles. The standard InChI is InChI=1S/C7H7ClOS2/c8-6(1-2-9)5-7-10-3-4-11-7/h1-2,5H,3-4H2/b6-1+. The van der Waals surface area contributed by atoms with Crippen LogP contribution in [0.3, 0.4) is 0 Å². The molecule has 0 aromatic heterocycles. The van der Waals surface area contributed by atoms with E-state index in [9.17, 15) is 4.79 Å². The van der Waals surface area contributed by atoms with Crippen molar-refractivity contribution in [1.29, 1.82) is 0 Å².